The summed E-state index contributed by atoms with van der Waals surface area (Å²) in [5.41, 5.74) is 7.57. The molecule has 0 fully saturated rings. The number of nitrogens with zero attached hydrogens (tertiary/aromatic N) is 1. The number of urea groups is 1. The van der Waals surface area contributed by atoms with Crippen LogP contribution in [0.4, 0.5) is 4.79 Å². The summed E-state index contributed by atoms with van der Waals surface area (Å²) in [5, 5.41) is 3.67. The molecule has 1 atom stereocenters. The van der Waals surface area contributed by atoms with Crippen molar-refractivity contribution in [3.05, 3.63) is 29.8 Å². The SMILES string of the molecule is CCCSP(=O)(OCC)Oc1ccccc1C=NNC(N)=O. The number of benzene rings is 1. The van der Waals surface area contributed by atoms with Crippen LogP contribution in [0.2, 0.25) is 0 Å². The van der Waals surface area contributed by atoms with Gasteiger partial charge in [-0.3, -0.25) is 4.52 Å². The van der Waals surface area contributed by atoms with Crippen molar-refractivity contribution >= 4 is 30.4 Å². The van der Waals surface area contributed by atoms with Gasteiger partial charge in [0, 0.05) is 11.3 Å². The van der Waals surface area contributed by atoms with Gasteiger partial charge in [0.2, 0.25) is 0 Å². The van der Waals surface area contributed by atoms with Crippen molar-refractivity contribution in [2.75, 3.05) is 12.4 Å². The molecule has 0 spiro atoms. The minimum absolute atomic E-state index is 0.285. The standard InChI is InChI=1S/C13H20N3O4PS/c1-3-9-22-21(18,19-4-2)20-12-8-6-5-7-11(12)10-15-16-13(14)17/h5-8,10H,3-4,9H2,1-2H3,(H3,14,16,17). The number of hydrazone groups is 1. The quantitative estimate of drug-likeness (QED) is 0.406. The third-order valence-corrected chi connectivity index (χ3v) is 6.19. The van der Waals surface area contributed by atoms with Crippen molar-refractivity contribution in [3.63, 3.8) is 0 Å². The van der Waals surface area contributed by atoms with Crippen molar-refractivity contribution in [2.45, 2.75) is 20.3 Å². The third kappa shape index (κ3) is 6.51. The second kappa shape index (κ2) is 9.50. The molecular weight excluding hydrogens is 325 g/mol. The average molecular weight is 345 g/mol. The van der Waals surface area contributed by atoms with Gasteiger partial charge in [0.1, 0.15) is 5.75 Å². The first-order valence-corrected chi connectivity index (χ1v) is 9.90. The number of carbonyl (C=O) groups excluding carboxylic acids is 1. The molecule has 0 aliphatic heterocycles. The first-order chi connectivity index (χ1) is 10.5. The molecule has 0 bridgehead atoms. The Balaban J connectivity index is 2.92. The van der Waals surface area contributed by atoms with Crippen LogP contribution in [-0.2, 0) is 9.09 Å². The van der Waals surface area contributed by atoms with Crippen molar-refractivity contribution in [1.82, 2.24) is 5.43 Å². The van der Waals surface area contributed by atoms with Crippen molar-refractivity contribution in [2.24, 2.45) is 10.8 Å². The van der Waals surface area contributed by atoms with Gasteiger partial charge < -0.3 is 10.3 Å². The Morgan fingerprint density at radius 3 is 2.82 bits per heavy atom. The molecule has 2 amide bonds. The number of hydrogen-bond acceptors (Lipinski definition) is 6. The van der Waals surface area contributed by atoms with E-state index in [1.165, 1.54) is 6.21 Å². The van der Waals surface area contributed by atoms with E-state index in [9.17, 15) is 9.36 Å². The number of rotatable bonds is 9. The molecule has 7 nitrogen and oxygen atoms in total. The number of carbonyl (C=O) groups is 1. The van der Waals surface area contributed by atoms with Crippen LogP contribution in [0.1, 0.15) is 25.8 Å². The highest BCUT2D eigenvalue weighted by atomic mass is 32.7. The Labute approximate surface area is 133 Å². The molecule has 1 unspecified atom stereocenters. The van der Waals surface area contributed by atoms with Crippen LogP contribution >= 0.6 is 18.2 Å². The first kappa shape index (κ1) is 18.5. The molecular formula is C13H20N3O4PS. The maximum Gasteiger partial charge on any atom is 0.440 e. The van der Waals surface area contributed by atoms with E-state index in [4.69, 9.17) is 14.8 Å². The minimum Gasteiger partial charge on any atom is -0.416 e. The predicted octanol–water partition coefficient (Wildman–Crippen LogP) is 3.36. The number of para-hydroxylation sites is 1. The van der Waals surface area contributed by atoms with E-state index < -0.39 is 12.8 Å². The first-order valence-electron chi connectivity index (χ1n) is 6.77. The van der Waals surface area contributed by atoms with Crippen LogP contribution in [0.25, 0.3) is 0 Å². The summed E-state index contributed by atoms with van der Waals surface area (Å²) in [6.07, 6.45) is 2.22. The number of hydrogen-bond donors (Lipinski definition) is 2. The summed E-state index contributed by atoms with van der Waals surface area (Å²) in [5.74, 6) is 1.02. The van der Waals surface area contributed by atoms with Gasteiger partial charge in [0.25, 0.3) is 0 Å². The van der Waals surface area contributed by atoms with Crippen molar-refractivity contribution in [1.29, 1.82) is 0 Å². The van der Waals surface area contributed by atoms with Gasteiger partial charge in [0.05, 0.1) is 12.8 Å². The summed E-state index contributed by atoms with van der Waals surface area (Å²) >= 11 is 1.16. The smallest absolute Gasteiger partial charge is 0.416 e. The van der Waals surface area contributed by atoms with E-state index in [1.807, 2.05) is 6.92 Å². The molecule has 0 aromatic heterocycles. The topological polar surface area (TPSA) is 103 Å². The van der Waals surface area contributed by atoms with Crippen LogP contribution < -0.4 is 15.7 Å². The van der Waals surface area contributed by atoms with Gasteiger partial charge in [-0.25, -0.2) is 14.8 Å². The number of nitrogens with one attached hydrogen (secondary N) is 1. The van der Waals surface area contributed by atoms with Gasteiger partial charge in [-0.15, -0.1) is 0 Å². The molecule has 122 valence electrons. The third-order valence-electron chi connectivity index (χ3n) is 2.25. The fourth-order valence-corrected chi connectivity index (χ4v) is 4.87. The summed E-state index contributed by atoms with van der Waals surface area (Å²) in [7, 11) is 0. The highest BCUT2D eigenvalue weighted by molar-refractivity contribution is 8.55. The molecule has 3 N–H and O–H groups in total. The molecule has 1 aromatic carbocycles. The summed E-state index contributed by atoms with van der Waals surface area (Å²) in [6, 6.07) is 6.11. The maximum absolute atomic E-state index is 12.7. The summed E-state index contributed by atoms with van der Waals surface area (Å²) < 4.78 is 23.5. The van der Waals surface area contributed by atoms with Gasteiger partial charge in [-0.1, -0.05) is 19.1 Å². The van der Waals surface area contributed by atoms with E-state index >= 15 is 0 Å². The number of amides is 2. The molecule has 1 aromatic rings. The molecule has 22 heavy (non-hydrogen) atoms. The Morgan fingerprint density at radius 1 is 1.45 bits per heavy atom. The molecule has 0 radical (unpaired) electrons. The lowest BCUT2D eigenvalue weighted by Gasteiger charge is -2.18. The molecule has 0 aliphatic rings. The summed E-state index contributed by atoms with van der Waals surface area (Å²) in [4.78, 5) is 10.6. The lowest BCUT2D eigenvalue weighted by Crippen LogP contribution is -2.24. The Hall–Kier alpha value is -1.50. The highest BCUT2D eigenvalue weighted by Gasteiger charge is 2.27. The maximum atomic E-state index is 12.7. The molecule has 1 rings (SSSR count). The van der Waals surface area contributed by atoms with E-state index in [0.717, 1.165) is 17.8 Å². The molecule has 9 heteroatoms. The average Bonchev–Trinajstić information content (AvgIpc) is 2.47. The molecule has 0 aliphatic carbocycles. The Morgan fingerprint density at radius 2 is 2.18 bits per heavy atom. The Bertz CT molecular complexity index is 568. The fourth-order valence-electron chi connectivity index (χ4n) is 1.41. The second-order valence-corrected chi connectivity index (χ2v) is 8.18. The predicted molar refractivity (Wildman–Crippen MR) is 89.4 cm³/mol. The van der Waals surface area contributed by atoms with Crippen LogP contribution in [0, 0.1) is 0 Å². The van der Waals surface area contributed by atoms with E-state index in [1.54, 1.807) is 31.2 Å². The van der Waals surface area contributed by atoms with Gasteiger partial charge in [0.15, 0.2) is 0 Å². The molecule has 0 saturated heterocycles. The highest BCUT2D eigenvalue weighted by Crippen LogP contribution is 2.60. The minimum atomic E-state index is -3.29. The lowest BCUT2D eigenvalue weighted by atomic mass is 10.2. The fraction of sp³-hybridized carbons (Fsp3) is 0.385. The van der Waals surface area contributed by atoms with Crippen LogP contribution in [0.15, 0.2) is 29.4 Å². The molecule has 0 heterocycles. The zero-order valence-electron chi connectivity index (χ0n) is 12.5. The van der Waals surface area contributed by atoms with E-state index in [2.05, 4.69) is 10.5 Å². The Kier molecular flexibility index (Phi) is 8.01. The zero-order valence-corrected chi connectivity index (χ0v) is 14.2. The van der Waals surface area contributed by atoms with Crippen LogP contribution in [0.5, 0.6) is 5.75 Å². The normalized spacial score (nSPS) is 13.7. The summed E-state index contributed by atoms with van der Waals surface area (Å²) in [6.45, 7) is 0.734. The van der Waals surface area contributed by atoms with Gasteiger partial charge in [-0.05, 0) is 36.9 Å². The molecule has 0 saturated carbocycles. The van der Waals surface area contributed by atoms with E-state index in [-0.39, 0.29) is 6.61 Å². The van der Waals surface area contributed by atoms with Crippen LogP contribution in [0.3, 0.4) is 0 Å². The van der Waals surface area contributed by atoms with Crippen molar-refractivity contribution in [3.8, 4) is 5.75 Å². The monoisotopic (exact) mass is 345 g/mol. The largest absolute Gasteiger partial charge is 0.440 e. The lowest BCUT2D eigenvalue weighted by molar-refractivity contribution is 0.249. The van der Waals surface area contributed by atoms with E-state index in [0.29, 0.717) is 17.1 Å². The van der Waals surface area contributed by atoms with Gasteiger partial charge >= 0.3 is 12.8 Å². The van der Waals surface area contributed by atoms with Crippen molar-refractivity contribution < 1.29 is 18.4 Å². The number of primary amides is 1. The zero-order chi connectivity index (χ0) is 16.4. The van der Waals surface area contributed by atoms with Crippen LogP contribution in [-0.4, -0.2) is 24.6 Å². The van der Waals surface area contributed by atoms with Gasteiger partial charge in [-0.2, -0.15) is 5.10 Å². The number of nitrogens with two attached hydrogens (primary N) is 1. The second-order valence-electron chi connectivity index (χ2n) is 4.06.